The topological polar surface area (TPSA) is 37.0 Å². The summed E-state index contributed by atoms with van der Waals surface area (Å²) in [5, 5.41) is 4.96. The van der Waals surface area contributed by atoms with E-state index < -0.39 is 0 Å². The monoisotopic (exact) mass is 496 g/mol. The molecule has 1 aliphatic rings. The first-order chi connectivity index (χ1) is 12.7. The van der Waals surface area contributed by atoms with E-state index in [0.29, 0.717) is 0 Å². The van der Waals surface area contributed by atoms with Crippen molar-refractivity contribution in [2.75, 3.05) is 19.7 Å². The fourth-order valence-electron chi connectivity index (χ4n) is 3.92. The van der Waals surface area contributed by atoms with Crippen LogP contribution in [-0.2, 0) is 19.3 Å². The third-order valence-electron chi connectivity index (χ3n) is 5.19. The van der Waals surface area contributed by atoms with Crippen molar-refractivity contribution < 1.29 is 4.74 Å². The van der Waals surface area contributed by atoms with Crippen LogP contribution in [0, 0.1) is 10.5 Å². The van der Waals surface area contributed by atoms with Crippen LogP contribution in [0.25, 0.3) is 10.9 Å². The highest BCUT2D eigenvalue weighted by atomic mass is 127. The maximum Gasteiger partial charge on any atom is 0.122 e. The van der Waals surface area contributed by atoms with Gasteiger partial charge < -0.3 is 15.0 Å². The lowest BCUT2D eigenvalue weighted by Gasteiger charge is -2.10. The zero-order chi connectivity index (χ0) is 17.9. The second kappa shape index (κ2) is 9.30. The van der Waals surface area contributed by atoms with Crippen molar-refractivity contribution in [3.8, 4) is 5.75 Å². The van der Waals surface area contributed by atoms with Crippen molar-refractivity contribution in [3.63, 3.8) is 0 Å². The Morgan fingerprint density at radius 1 is 1.11 bits per heavy atom. The van der Waals surface area contributed by atoms with E-state index in [9.17, 15) is 0 Å². The summed E-state index contributed by atoms with van der Waals surface area (Å²) in [6, 6.07) is 13.0. The first kappa shape index (κ1) is 20.5. The van der Waals surface area contributed by atoms with Crippen LogP contribution in [-0.4, -0.2) is 24.7 Å². The molecule has 5 heteroatoms. The Bertz CT molecular complexity index is 922. The molecule has 0 bridgehead atoms. The van der Waals surface area contributed by atoms with Gasteiger partial charge in [0.25, 0.3) is 0 Å². The number of rotatable bonds is 5. The van der Waals surface area contributed by atoms with Crippen LogP contribution in [0.3, 0.4) is 0 Å². The molecule has 4 rings (SSSR count). The molecule has 2 aromatic carbocycles. The summed E-state index contributed by atoms with van der Waals surface area (Å²) >= 11 is 2.34. The largest absolute Gasteiger partial charge is 0.493 e. The Balaban J connectivity index is 0.00000210. The molecule has 2 heterocycles. The van der Waals surface area contributed by atoms with Crippen LogP contribution < -0.4 is 10.1 Å². The summed E-state index contributed by atoms with van der Waals surface area (Å²) in [4.78, 5) is 3.65. The van der Waals surface area contributed by atoms with E-state index >= 15 is 0 Å². The Morgan fingerprint density at radius 3 is 2.81 bits per heavy atom. The number of ether oxygens (including phenoxy) is 1. The van der Waals surface area contributed by atoms with Gasteiger partial charge in [0.15, 0.2) is 0 Å². The van der Waals surface area contributed by atoms with E-state index in [1.165, 1.54) is 36.9 Å². The van der Waals surface area contributed by atoms with Crippen LogP contribution in [0.2, 0.25) is 0 Å². The Labute approximate surface area is 180 Å². The van der Waals surface area contributed by atoms with Gasteiger partial charge in [0.05, 0.1) is 6.61 Å². The number of hydrogen-bond donors (Lipinski definition) is 2. The second-order valence-corrected chi connectivity index (χ2v) is 8.28. The van der Waals surface area contributed by atoms with Crippen molar-refractivity contribution in [2.24, 2.45) is 0 Å². The number of H-pyrrole nitrogens is 1. The number of aromatic nitrogens is 1. The quantitative estimate of drug-likeness (QED) is 0.376. The Morgan fingerprint density at radius 2 is 1.96 bits per heavy atom. The third-order valence-corrected chi connectivity index (χ3v) is 5.86. The van der Waals surface area contributed by atoms with Crippen molar-refractivity contribution in [3.05, 3.63) is 62.4 Å². The normalized spacial score (nSPS) is 13.7. The predicted molar refractivity (Wildman–Crippen MR) is 124 cm³/mol. The van der Waals surface area contributed by atoms with E-state index in [2.05, 4.69) is 76.2 Å². The van der Waals surface area contributed by atoms with Crippen molar-refractivity contribution in [2.45, 2.75) is 32.6 Å². The molecule has 0 spiro atoms. The molecule has 0 saturated carbocycles. The van der Waals surface area contributed by atoms with Crippen LogP contribution in [0.1, 0.15) is 28.8 Å². The van der Waals surface area contributed by atoms with Crippen LogP contribution in [0.15, 0.2) is 36.4 Å². The highest BCUT2D eigenvalue weighted by Crippen LogP contribution is 2.29. The van der Waals surface area contributed by atoms with Gasteiger partial charge in [-0.1, -0.05) is 12.1 Å². The summed E-state index contributed by atoms with van der Waals surface area (Å²) in [6.07, 6.45) is 4.30. The van der Waals surface area contributed by atoms with Crippen molar-refractivity contribution in [1.29, 1.82) is 0 Å². The van der Waals surface area contributed by atoms with E-state index in [0.717, 1.165) is 51.1 Å². The van der Waals surface area contributed by atoms with Gasteiger partial charge >= 0.3 is 0 Å². The lowest BCUT2D eigenvalue weighted by atomic mass is 9.99. The summed E-state index contributed by atoms with van der Waals surface area (Å²) in [5.41, 5.74) is 6.90. The molecule has 0 amide bonds. The molecule has 144 valence electrons. The third kappa shape index (κ3) is 4.61. The smallest absolute Gasteiger partial charge is 0.122 e. The summed E-state index contributed by atoms with van der Waals surface area (Å²) in [5.74, 6) is 1.00. The van der Waals surface area contributed by atoms with Gasteiger partial charge in [-0.05, 0) is 96.3 Å². The predicted octanol–water partition coefficient (Wildman–Crippen LogP) is 5.20. The molecule has 0 radical (unpaired) electrons. The van der Waals surface area contributed by atoms with Gasteiger partial charge in [0, 0.05) is 33.1 Å². The molecular weight excluding hydrogens is 471 g/mol. The van der Waals surface area contributed by atoms with Crippen molar-refractivity contribution >= 4 is 45.9 Å². The van der Waals surface area contributed by atoms with Gasteiger partial charge in [-0.25, -0.2) is 0 Å². The fraction of sp³-hybridized carbons (Fsp3) is 0.364. The van der Waals surface area contributed by atoms with Gasteiger partial charge in [-0.3, -0.25) is 0 Å². The number of aryl methyl sites for hydroxylation is 2. The summed E-state index contributed by atoms with van der Waals surface area (Å²) in [7, 11) is 0. The maximum atomic E-state index is 6.02. The van der Waals surface area contributed by atoms with Crippen LogP contribution in [0.5, 0.6) is 5.75 Å². The molecule has 27 heavy (non-hydrogen) atoms. The number of hydrogen-bond acceptors (Lipinski definition) is 2. The lowest BCUT2D eigenvalue weighted by Crippen LogP contribution is -2.16. The summed E-state index contributed by atoms with van der Waals surface area (Å²) in [6.45, 7) is 5.01. The molecule has 2 N–H and O–H groups in total. The van der Waals surface area contributed by atoms with Gasteiger partial charge in [-0.15, -0.1) is 12.4 Å². The molecule has 0 atom stereocenters. The van der Waals surface area contributed by atoms with Crippen LogP contribution in [0.4, 0.5) is 0 Å². The molecule has 0 saturated heterocycles. The average molecular weight is 497 g/mol. The number of nitrogens with one attached hydrogen (secondary N) is 2. The van der Waals surface area contributed by atoms with E-state index in [1.807, 2.05) is 0 Å². The molecular formula is C22H26ClIN2O. The molecule has 0 fully saturated rings. The minimum Gasteiger partial charge on any atom is -0.493 e. The summed E-state index contributed by atoms with van der Waals surface area (Å²) < 4.78 is 7.27. The van der Waals surface area contributed by atoms with E-state index in [-0.39, 0.29) is 12.4 Å². The average Bonchev–Trinajstić information content (AvgIpc) is 2.82. The molecule has 3 nitrogen and oxygen atoms in total. The maximum absolute atomic E-state index is 6.02. The zero-order valence-corrected chi connectivity index (χ0v) is 18.6. The minimum absolute atomic E-state index is 0. The minimum atomic E-state index is 0. The number of halogens is 2. The first-order valence-corrected chi connectivity index (χ1v) is 10.5. The SMILES string of the molecule is Cc1cc(I)ccc1OCCCc1cccc2[nH]c3c(c12)CCNCC3.Cl. The number of fused-ring (bicyclic) bond motifs is 3. The van der Waals surface area contributed by atoms with Crippen molar-refractivity contribution in [1.82, 2.24) is 10.3 Å². The Hall–Kier alpha value is -1.24. The Kier molecular flexibility index (Phi) is 7.06. The molecule has 1 aliphatic heterocycles. The van der Waals surface area contributed by atoms with E-state index in [1.54, 1.807) is 0 Å². The fourth-order valence-corrected chi connectivity index (χ4v) is 4.57. The van der Waals surface area contributed by atoms with Crippen LogP contribution >= 0.6 is 35.0 Å². The standard InChI is InChI=1S/C22H25IN2O.ClH/c1-15-14-17(23)7-8-21(15)26-13-3-5-16-4-2-6-20-22(16)18-9-11-24-12-10-19(18)25-20;/h2,4,6-8,14,24-25H,3,5,9-13H2,1H3;1H. The van der Waals surface area contributed by atoms with Gasteiger partial charge in [0.2, 0.25) is 0 Å². The number of benzene rings is 2. The van der Waals surface area contributed by atoms with Gasteiger partial charge in [0.1, 0.15) is 5.75 Å². The highest BCUT2D eigenvalue weighted by Gasteiger charge is 2.16. The molecule has 0 aliphatic carbocycles. The van der Waals surface area contributed by atoms with E-state index in [4.69, 9.17) is 4.74 Å². The molecule has 3 aromatic rings. The zero-order valence-electron chi connectivity index (χ0n) is 15.6. The number of aromatic amines is 1. The lowest BCUT2D eigenvalue weighted by molar-refractivity contribution is 0.309. The first-order valence-electron chi connectivity index (χ1n) is 9.43. The molecule has 1 aromatic heterocycles. The molecule has 0 unspecified atom stereocenters. The van der Waals surface area contributed by atoms with Gasteiger partial charge in [-0.2, -0.15) is 0 Å². The highest BCUT2D eigenvalue weighted by molar-refractivity contribution is 14.1. The second-order valence-electron chi connectivity index (χ2n) is 7.03.